The van der Waals surface area contributed by atoms with Crippen molar-refractivity contribution < 1.29 is 14.6 Å². The molecule has 19 heavy (non-hydrogen) atoms. The van der Waals surface area contributed by atoms with Gasteiger partial charge in [0.05, 0.1) is 0 Å². The number of carbonyl (C=O) groups is 1. The highest BCUT2D eigenvalue weighted by Crippen LogP contribution is 2.24. The summed E-state index contributed by atoms with van der Waals surface area (Å²) in [6.07, 6.45) is 4.04. The van der Waals surface area contributed by atoms with Crippen LogP contribution >= 0.6 is 11.6 Å². The molecule has 0 bridgehead atoms. The zero-order chi connectivity index (χ0) is 13.7. The summed E-state index contributed by atoms with van der Waals surface area (Å²) in [5, 5.41) is 9.23. The van der Waals surface area contributed by atoms with Gasteiger partial charge in [-0.2, -0.15) is 0 Å². The maximum atomic E-state index is 10.5. The first kappa shape index (κ1) is 13.1. The van der Waals surface area contributed by atoms with E-state index in [9.17, 15) is 4.79 Å². The Bertz CT molecular complexity index is 608. The topological polar surface area (TPSA) is 59.4 Å². The van der Waals surface area contributed by atoms with Gasteiger partial charge in [0.15, 0.2) is 0 Å². The third-order valence-corrected chi connectivity index (χ3v) is 2.49. The molecule has 0 radical (unpaired) electrons. The van der Waals surface area contributed by atoms with Crippen molar-refractivity contribution in [2.45, 2.75) is 0 Å². The van der Waals surface area contributed by atoms with Gasteiger partial charge in [-0.3, -0.25) is 0 Å². The van der Waals surface area contributed by atoms with Crippen LogP contribution in [0.2, 0.25) is 5.02 Å². The number of hydrogen-bond acceptors (Lipinski definition) is 3. The average Bonchev–Trinajstić information content (AvgIpc) is 2.40. The lowest BCUT2D eigenvalue weighted by atomic mass is 10.2. The average molecular weight is 276 g/mol. The van der Waals surface area contributed by atoms with Gasteiger partial charge in [-0.15, -0.1) is 0 Å². The first-order valence-corrected chi connectivity index (χ1v) is 5.82. The summed E-state index contributed by atoms with van der Waals surface area (Å²) in [6, 6.07) is 10.2. The van der Waals surface area contributed by atoms with E-state index in [1.165, 1.54) is 6.08 Å². The lowest BCUT2D eigenvalue weighted by molar-refractivity contribution is -0.131. The molecule has 1 aromatic heterocycles. The third kappa shape index (κ3) is 3.82. The Balaban J connectivity index is 2.24. The Kier molecular flexibility index (Phi) is 4.15. The number of pyridine rings is 1. The molecular weight excluding hydrogens is 266 g/mol. The summed E-state index contributed by atoms with van der Waals surface area (Å²) >= 11 is 5.78. The van der Waals surface area contributed by atoms with E-state index in [-0.39, 0.29) is 0 Å². The number of aromatic nitrogens is 1. The number of halogens is 1. The number of hydrogen-bond donors (Lipinski definition) is 1. The minimum atomic E-state index is -1.03. The molecule has 2 aromatic rings. The zero-order valence-corrected chi connectivity index (χ0v) is 10.5. The van der Waals surface area contributed by atoms with E-state index in [0.29, 0.717) is 22.2 Å². The fourth-order valence-corrected chi connectivity index (χ4v) is 1.52. The van der Waals surface area contributed by atoms with Crippen LogP contribution in [0.5, 0.6) is 11.6 Å². The van der Waals surface area contributed by atoms with E-state index in [0.717, 1.165) is 6.08 Å². The number of benzene rings is 1. The van der Waals surface area contributed by atoms with Gasteiger partial charge in [0.25, 0.3) is 0 Å². The van der Waals surface area contributed by atoms with E-state index < -0.39 is 5.97 Å². The summed E-state index contributed by atoms with van der Waals surface area (Å²) in [6.45, 7) is 0. The summed E-state index contributed by atoms with van der Waals surface area (Å²) < 4.78 is 5.58. The highest BCUT2D eigenvalue weighted by Gasteiger charge is 2.04. The van der Waals surface area contributed by atoms with Gasteiger partial charge in [0.1, 0.15) is 5.75 Å². The number of nitrogens with zero attached hydrogens (tertiary/aromatic N) is 1. The second-order valence-electron chi connectivity index (χ2n) is 3.63. The van der Waals surface area contributed by atoms with E-state index >= 15 is 0 Å². The first-order valence-electron chi connectivity index (χ1n) is 5.44. The van der Waals surface area contributed by atoms with Gasteiger partial charge >= 0.3 is 5.97 Å². The molecule has 0 aliphatic heterocycles. The Labute approximate surface area is 114 Å². The zero-order valence-electron chi connectivity index (χ0n) is 9.79. The van der Waals surface area contributed by atoms with Crippen molar-refractivity contribution >= 4 is 23.6 Å². The highest BCUT2D eigenvalue weighted by molar-refractivity contribution is 6.30. The van der Waals surface area contributed by atoms with Crippen LogP contribution in [0.25, 0.3) is 6.08 Å². The molecule has 1 N–H and O–H groups in total. The van der Waals surface area contributed by atoms with Crippen molar-refractivity contribution in [1.82, 2.24) is 4.98 Å². The van der Waals surface area contributed by atoms with Gasteiger partial charge in [-0.05, 0) is 42.5 Å². The maximum absolute atomic E-state index is 10.5. The van der Waals surface area contributed by atoms with Crippen LogP contribution < -0.4 is 4.74 Å². The number of rotatable bonds is 4. The first-order chi connectivity index (χ1) is 9.15. The van der Waals surface area contributed by atoms with Gasteiger partial charge in [-0.25, -0.2) is 9.78 Å². The molecule has 0 atom stereocenters. The SMILES string of the molecule is O=C(O)/C=C/c1cccnc1Oc1ccc(Cl)cc1. The van der Waals surface area contributed by atoms with E-state index in [1.807, 2.05) is 0 Å². The minimum Gasteiger partial charge on any atom is -0.478 e. The molecular formula is C14H10ClNO3. The van der Waals surface area contributed by atoms with Crippen LogP contribution in [0, 0.1) is 0 Å². The van der Waals surface area contributed by atoms with E-state index in [2.05, 4.69) is 4.98 Å². The van der Waals surface area contributed by atoms with Crippen molar-refractivity contribution in [3.63, 3.8) is 0 Å². The number of carboxylic acid groups (broad SMARTS) is 1. The minimum absolute atomic E-state index is 0.335. The van der Waals surface area contributed by atoms with Crippen molar-refractivity contribution in [3.8, 4) is 11.6 Å². The summed E-state index contributed by atoms with van der Waals surface area (Å²) in [5.41, 5.74) is 0.583. The van der Waals surface area contributed by atoms with Crippen LogP contribution in [-0.2, 0) is 4.79 Å². The Hall–Kier alpha value is -2.33. The summed E-state index contributed by atoms with van der Waals surface area (Å²) in [7, 11) is 0. The second kappa shape index (κ2) is 6.02. The summed E-state index contributed by atoms with van der Waals surface area (Å²) in [5.74, 6) is -0.114. The standard InChI is InChI=1S/C14H10ClNO3/c15-11-4-6-12(7-5-11)19-14-10(2-1-9-16-14)3-8-13(17)18/h1-9H,(H,17,18)/b8-3+. The third-order valence-electron chi connectivity index (χ3n) is 2.23. The molecule has 1 aromatic carbocycles. The maximum Gasteiger partial charge on any atom is 0.328 e. The molecule has 96 valence electrons. The molecule has 0 aliphatic rings. The van der Waals surface area contributed by atoms with Crippen LogP contribution in [0.3, 0.4) is 0 Å². The largest absolute Gasteiger partial charge is 0.478 e. The molecule has 0 aliphatic carbocycles. The van der Waals surface area contributed by atoms with Gasteiger partial charge in [0.2, 0.25) is 5.88 Å². The predicted octanol–water partition coefficient (Wildman–Crippen LogP) is 3.63. The molecule has 4 nitrogen and oxygen atoms in total. The molecule has 0 saturated heterocycles. The van der Waals surface area contributed by atoms with Gasteiger partial charge in [-0.1, -0.05) is 11.6 Å². The monoisotopic (exact) mass is 275 g/mol. The number of carboxylic acids is 1. The van der Waals surface area contributed by atoms with Crippen LogP contribution in [-0.4, -0.2) is 16.1 Å². The molecule has 0 fully saturated rings. The Morgan fingerprint density at radius 1 is 1.26 bits per heavy atom. The van der Waals surface area contributed by atoms with E-state index in [1.54, 1.807) is 42.6 Å². The second-order valence-corrected chi connectivity index (χ2v) is 4.06. The molecule has 0 amide bonds. The van der Waals surface area contributed by atoms with Crippen molar-refractivity contribution in [3.05, 3.63) is 59.3 Å². The number of aliphatic carboxylic acids is 1. The predicted molar refractivity (Wildman–Crippen MR) is 72.4 cm³/mol. The fraction of sp³-hybridized carbons (Fsp3) is 0. The smallest absolute Gasteiger partial charge is 0.328 e. The molecule has 5 heteroatoms. The van der Waals surface area contributed by atoms with Crippen molar-refractivity contribution in [1.29, 1.82) is 0 Å². The van der Waals surface area contributed by atoms with Crippen LogP contribution in [0.15, 0.2) is 48.7 Å². The fourth-order valence-electron chi connectivity index (χ4n) is 1.39. The van der Waals surface area contributed by atoms with Crippen molar-refractivity contribution in [2.75, 3.05) is 0 Å². The molecule has 0 saturated carbocycles. The van der Waals surface area contributed by atoms with Gasteiger partial charge in [0, 0.05) is 22.9 Å². The molecule has 2 rings (SSSR count). The van der Waals surface area contributed by atoms with Gasteiger partial charge < -0.3 is 9.84 Å². The highest BCUT2D eigenvalue weighted by atomic mass is 35.5. The number of ether oxygens (including phenoxy) is 1. The lowest BCUT2D eigenvalue weighted by Gasteiger charge is -2.07. The summed E-state index contributed by atoms with van der Waals surface area (Å²) in [4.78, 5) is 14.6. The molecule has 1 heterocycles. The Morgan fingerprint density at radius 3 is 2.68 bits per heavy atom. The Morgan fingerprint density at radius 2 is 2.00 bits per heavy atom. The molecule has 0 spiro atoms. The molecule has 0 unspecified atom stereocenters. The van der Waals surface area contributed by atoms with E-state index in [4.69, 9.17) is 21.4 Å². The van der Waals surface area contributed by atoms with Crippen LogP contribution in [0.1, 0.15) is 5.56 Å². The van der Waals surface area contributed by atoms with Crippen molar-refractivity contribution in [2.24, 2.45) is 0 Å². The lowest BCUT2D eigenvalue weighted by Crippen LogP contribution is -1.92. The quantitative estimate of drug-likeness (QED) is 0.866. The normalized spacial score (nSPS) is 10.6. The van der Waals surface area contributed by atoms with Crippen LogP contribution in [0.4, 0.5) is 0 Å².